The van der Waals surface area contributed by atoms with E-state index in [1.54, 1.807) is 20.8 Å². The van der Waals surface area contributed by atoms with Gasteiger partial charge in [-0.3, -0.25) is 10.1 Å². The number of carbonyl (C=O) groups excluding carboxylic acids is 2. The maximum atomic E-state index is 14.2. The minimum Gasteiger partial charge on any atom is -0.465 e. The van der Waals surface area contributed by atoms with Gasteiger partial charge in [0.1, 0.15) is 29.2 Å². The predicted molar refractivity (Wildman–Crippen MR) is 89.6 cm³/mol. The minimum absolute atomic E-state index is 0.512. The van der Waals surface area contributed by atoms with Crippen molar-refractivity contribution in [3.05, 3.63) is 39.2 Å². The largest absolute Gasteiger partial charge is 0.465 e. The normalized spacial score (nSPS) is 13.4. The van der Waals surface area contributed by atoms with E-state index in [1.807, 2.05) is 0 Å². The zero-order chi connectivity index (χ0) is 20.9. The van der Waals surface area contributed by atoms with Crippen molar-refractivity contribution in [2.24, 2.45) is 0 Å². The van der Waals surface area contributed by atoms with Crippen molar-refractivity contribution in [3.63, 3.8) is 0 Å². The van der Waals surface area contributed by atoms with Crippen LogP contribution >= 0.6 is 0 Å². The highest BCUT2D eigenvalue weighted by Crippen LogP contribution is 2.29. The van der Waals surface area contributed by atoms with Gasteiger partial charge in [0, 0.05) is 18.2 Å². The molecular formula is C16H21FN2O8. The maximum Gasteiger partial charge on any atom is 0.407 e. The van der Waals surface area contributed by atoms with Gasteiger partial charge in [0.25, 0.3) is 5.69 Å². The van der Waals surface area contributed by atoms with Crippen LogP contribution in [-0.2, 0) is 9.47 Å². The molecule has 0 aliphatic rings. The summed E-state index contributed by atoms with van der Waals surface area (Å²) in [7, 11) is 0.971. The highest BCUT2D eigenvalue weighted by molar-refractivity contribution is 5.94. The molecule has 2 atom stereocenters. The summed E-state index contributed by atoms with van der Waals surface area (Å²) in [6.45, 7) is 4.35. The Kier molecular flexibility index (Phi) is 7.20. The third-order valence-electron chi connectivity index (χ3n) is 3.25. The number of amides is 1. The lowest BCUT2D eigenvalue weighted by atomic mass is 10.00. The van der Waals surface area contributed by atoms with Crippen LogP contribution in [0.4, 0.5) is 14.9 Å². The van der Waals surface area contributed by atoms with Crippen LogP contribution in [0.15, 0.2) is 12.1 Å². The SMILES string of the molecule is COC(=O)c1cc(F)c(C(O)C(O)CNC(=O)OC(C)(C)C)cc1[N+](=O)[O-]. The van der Waals surface area contributed by atoms with Gasteiger partial charge in [-0.05, 0) is 26.8 Å². The first-order valence-electron chi connectivity index (χ1n) is 7.76. The number of carbonyl (C=O) groups is 2. The van der Waals surface area contributed by atoms with Crippen molar-refractivity contribution < 1.29 is 38.6 Å². The molecule has 1 rings (SSSR count). The summed E-state index contributed by atoms with van der Waals surface area (Å²) in [5, 5.41) is 33.3. The number of methoxy groups -OCH3 is 1. The average molecular weight is 388 g/mol. The fraction of sp³-hybridized carbons (Fsp3) is 0.500. The summed E-state index contributed by atoms with van der Waals surface area (Å²) < 4.78 is 23.5. The molecule has 0 bridgehead atoms. The molecule has 0 fully saturated rings. The molecule has 1 aromatic carbocycles. The average Bonchev–Trinajstić information content (AvgIpc) is 2.56. The highest BCUT2D eigenvalue weighted by atomic mass is 19.1. The summed E-state index contributed by atoms with van der Waals surface area (Å²) in [5.41, 5.74) is -2.85. The Morgan fingerprint density at radius 3 is 2.41 bits per heavy atom. The molecule has 0 saturated heterocycles. The maximum absolute atomic E-state index is 14.2. The van der Waals surface area contributed by atoms with E-state index in [2.05, 4.69) is 10.1 Å². The number of hydrogen-bond donors (Lipinski definition) is 3. The number of alkyl carbamates (subject to hydrolysis) is 1. The standard InChI is InChI=1S/C16H21FN2O8/c1-16(2,3)27-15(23)18-7-12(20)13(21)8-6-11(19(24)25)9(5-10(8)17)14(22)26-4/h5-6,12-13,20-21H,7H2,1-4H3,(H,18,23). The van der Waals surface area contributed by atoms with Gasteiger partial charge in [0.15, 0.2) is 0 Å². The number of halogens is 1. The molecule has 1 amide bonds. The smallest absolute Gasteiger partial charge is 0.407 e. The summed E-state index contributed by atoms with van der Waals surface area (Å²) >= 11 is 0. The lowest BCUT2D eigenvalue weighted by Gasteiger charge is -2.22. The number of hydrogen-bond acceptors (Lipinski definition) is 8. The van der Waals surface area contributed by atoms with Gasteiger partial charge in [-0.1, -0.05) is 0 Å². The molecule has 0 saturated carbocycles. The van der Waals surface area contributed by atoms with Crippen LogP contribution in [-0.4, -0.2) is 52.6 Å². The quantitative estimate of drug-likeness (QED) is 0.377. The second-order valence-electron chi connectivity index (χ2n) is 6.53. The van der Waals surface area contributed by atoms with Crippen molar-refractivity contribution in [1.29, 1.82) is 0 Å². The number of rotatable bonds is 6. The van der Waals surface area contributed by atoms with E-state index in [1.165, 1.54) is 0 Å². The number of ether oxygens (including phenoxy) is 2. The van der Waals surface area contributed by atoms with Crippen LogP contribution in [0.3, 0.4) is 0 Å². The van der Waals surface area contributed by atoms with Gasteiger partial charge in [-0.25, -0.2) is 14.0 Å². The molecule has 0 heterocycles. The second-order valence-corrected chi connectivity index (χ2v) is 6.53. The van der Waals surface area contributed by atoms with E-state index < -0.39 is 64.0 Å². The van der Waals surface area contributed by atoms with Crippen LogP contribution < -0.4 is 5.32 Å². The Balaban J connectivity index is 3.00. The molecule has 1 aromatic rings. The number of benzene rings is 1. The van der Waals surface area contributed by atoms with Crippen molar-refractivity contribution in [1.82, 2.24) is 5.32 Å². The first kappa shape index (κ1) is 22.3. The molecule has 11 heteroatoms. The molecule has 0 aromatic heterocycles. The Hall–Kier alpha value is -2.79. The van der Waals surface area contributed by atoms with Crippen molar-refractivity contribution in [2.45, 2.75) is 38.6 Å². The van der Waals surface area contributed by atoms with Crippen LogP contribution in [0.2, 0.25) is 0 Å². The first-order chi connectivity index (χ1) is 12.4. The summed E-state index contributed by atoms with van der Waals surface area (Å²) in [6.07, 6.45) is -4.48. The van der Waals surface area contributed by atoms with Crippen molar-refractivity contribution in [2.75, 3.05) is 13.7 Å². The number of nitro benzene ring substituents is 1. The number of aliphatic hydroxyl groups excluding tert-OH is 2. The van der Waals surface area contributed by atoms with E-state index in [0.29, 0.717) is 12.1 Å². The lowest BCUT2D eigenvalue weighted by molar-refractivity contribution is -0.385. The number of nitrogens with one attached hydrogen (secondary N) is 1. The van der Waals surface area contributed by atoms with Gasteiger partial charge in [0.05, 0.1) is 12.0 Å². The Labute approximate surface area is 154 Å². The van der Waals surface area contributed by atoms with Crippen molar-refractivity contribution in [3.8, 4) is 0 Å². The molecule has 27 heavy (non-hydrogen) atoms. The number of nitro groups is 1. The zero-order valence-electron chi connectivity index (χ0n) is 15.2. The fourth-order valence-electron chi connectivity index (χ4n) is 2.05. The summed E-state index contributed by atoms with van der Waals surface area (Å²) in [6, 6.07) is 1.17. The molecule has 10 nitrogen and oxygen atoms in total. The van der Waals surface area contributed by atoms with Crippen LogP contribution in [0.5, 0.6) is 0 Å². The highest BCUT2D eigenvalue weighted by Gasteiger charge is 2.30. The third-order valence-corrected chi connectivity index (χ3v) is 3.25. The number of nitrogens with zero attached hydrogens (tertiary/aromatic N) is 1. The Morgan fingerprint density at radius 2 is 1.93 bits per heavy atom. The van der Waals surface area contributed by atoms with Gasteiger partial charge in [-0.2, -0.15) is 0 Å². The van der Waals surface area contributed by atoms with Gasteiger partial charge < -0.3 is 25.0 Å². The molecule has 0 spiro atoms. The van der Waals surface area contributed by atoms with Crippen LogP contribution in [0.1, 0.15) is 42.8 Å². The van der Waals surface area contributed by atoms with Gasteiger partial charge in [0.2, 0.25) is 0 Å². The molecule has 0 aliphatic carbocycles. The van der Waals surface area contributed by atoms with Gasteiger partial charge in [-0.15, -0.1) is 0 Å². The Bertz CT molecular complexity index is 732. The Morgan fingerprint density at radius 1 is 1.33 bits per heavy atom. The summed E-state index contributed by atoms with van der Waals surface area (Å²) in [5.74, 6) is -2.29. The molecule has 0 radical (unpaired) electrons. The predicted octanol–water partition coefficient (Wildman–Crippen LogP) is 1.44. The fourth-order valence-corrected chi connectivity index (χ4v) is 2.05. The monoisotopic (exact) mass is 388 g/mol. The molecule has 0 aliphatic heterocycles. The van der Waals surface area contributed by atoms with Gasteiger partial charge >= 0.3 is 12.1 Å². The van der Waals surface area contributed by atoms with E-state index >= 15 is 0 Å². The van der Waals surface area contributed by atoms with Crippen LogP contribution in [0, 0.1) is 15.9 Å². The van der Waals surface area contributed by atoms with E-state index in [9.17, 15) is 34.3 Å². The van der Waals surface area contributed by atoms with E-state index in [4.69, 9.17) is 4.74 Å². The van der Waals surface area contributed by atoms with Crippen molar-refractivity contribution >= 4 is 17.7 Å². The molecule has 2 unspecified atom stereocenters. The zero-order valence-corrected chi connectivity index (χ0v) is 15.2. The van der Waals surface area contributed by atoms with E-state index in [0.717, 1.165) is 7.11 Å². The molecular weight excluding hydrogens is 367 g/mol. The number of aliphatic hydroxyl groups is 2. The lowest BCUT2D eigenvalue weighted by Crippen LogP contribution is -2.39. The third kappa shape index (κ3) is 6.15. The topological polar surface area (TPSA) is 148 Å². The second kappa shape index (κ2) is 8.73. The minimum atomic E-state index is -1.91. The van der Waals surface area contributed by atoms with E-state index in [-0.39, 0.29) is 0 Å². The molecule has 3 N–H and O–H groups in total. The van der Waals surface area contributed by atoms with Crippen LogP contribution in [0.25, 0.3) is 0 Å². The summed E-state index contributed by atoms with van der Waals surface area (Å²) in [4.78, 5) is 33.2. The first-order valence-corrected chi connectivity index (χ1v) is 7.76. The number of esters is 1. The molecule has 150 valence electrons.